The zero-order valence-corrected chi connectivity index (χ0v) is 14.1. The lowest BCUT2D eigenvalue weighted by Crippen LogP contribution is -2.15. The van der Waals surface area contributed by atoms with Crippen LogP contribution in [0.1, 0.15) is 22.3 Å². The van der Waals surface area contributed by atoms with Gasteiger partial charge in [0.25, 0.3) is 0 Å². The number of aromatic carboxylic acids is 1. The van der Waals surface area contributed by atoms with Crippen LogP contribution in [0.5, 0.6) is 0 Å². The minimum absolute atomic E-state index is 0.113. The molecule has 0 aliphatic carbocycles. The topological polar surface area (TPSA) is 105 Å². The van der Waals surface area contributed by atoms with Crippen molar-refractivity contribution in [2.75, 3.05) is 5.32 Å². The molecule has 2 heterocycles. The predicted molar refractivity (Wildman–Crippen MR) is 100 cm³/mol. The number of benzene rings is 2. The van der Waals surface area contributed by atoms with Crippen molar-refractivity contribution < 1.29 is 14.7 Å². The van der Waals surface area contributed by atoms with Crippen LogP contribution in [0.25, 0.3) is 11.1 Å². The predicted octanol–water partition coefficient (Wildman–Crippen LogP) is 3.30. The summed E-state index contributed by atoms with van der Waals surface area (Å²) in [5.74, 6) is -1.21. The second-order valence-electron chi connectivity index (χ2n) is 6.00. The molecule has 0 bridgehead atoms. The lowest BCUT2D eigenvalue weighted by atomic mass is 9.99. The van der Waals surface area contributed by atoms with Crippen LogP contribution in [0, 0.1) is 0 Å². The van der Waals surface area contributed by atoms with E-state index in [1.165, 1.54) is 0 Å². The number of nitrogens with one attached hydrogen (secondary N) is 1. The fourth-order valence-corrected chi connectivity index (χ4v) is 2.98. The van der Waals surface area contributed by atoms with Gasteiger partial charge < -0.3 is 10.4 Å². The zero-order valence-electron chi connectivity index (χ0n) is 14.1. The molecule has 1 aliphatic rings. The first kappa shape index (κ1) is 16.6. The van der Waals surface area contributed by atoms with E-state index in [-0.39, 0.29) is 17.9 Å². The van der Waals surface area contributed by atoms with E-state index in [9.17, 15) is 14.7 Å². The summed E-state index contributed by atoms with van der Waals surface area (Å²) < 4.78 is 0. The fourth-order valence-electron chi connectivity index (χ4n) is 2.98. The van der Waals surface area contributed by atoms with E-state index >= 15 is 0 Å². The second kappa shape index (κ2) is 6.80. The van der Waals surface area contributed by atoms with E-state index in [2.05, 4.69) is 20.5 Å². The number of hydrogen-bond donors (Lipinski definition) is 2. The first-order chi connectivity index (χ1) is 13.1. The maximum Gasteiger partial charge on any atom is 0.336 e. The molecule has 4 rings (SSSR count). The molecule has 0 atom stereocenters. The molecule has 3 aromatic rings. The fraction of sp³-hybridized carbons (Fsp3) is 0.0500. The number of amides is 1. The molecule has 0 radical (unpaired) electrons. The molecule has 2 aromatic carbocycles. The Labute approximate surface area is 154 Å². The molecule has 0 saturated carbocycles. The molecule has 7 nitrogen and oxygen atoms in total. The number of carboxylic acids is 1. The van der Waals surface area contributed by atoms with Gasteiger partial charge in [0.2, 0.25) is 5.91 Å². The van der Waals surface area contributed by atoms with E-state index in [1.54, 1.807) is 60.9 Å². The van der Waals surface area contributed by atoms with Crippen molar-refractivity contribution in [1.29, 1.82) is 0 Å². The molecular weight excluding hydrogens is 344 g/mol. The van der Waals surface area contributed by atoms with Crippen molar-refractivity contribution in [2.24, 2.45) is 4.99 Å². The monoisotopic (exact) mass is 358 g/mol. The van der Waals surface area contributed by atoms with Crippen LogP contribution in [0.2, 0.25) is 0 Å². The summed E-state index contributed by atoms with van der Waals surface area (Å²) in [6.07, 6.45) is 3.23. The maximum absolute atomic E-state index is 12.3. The summed E-state index contributed by atoms with van der Waals surface area (Å²) in [6.45, 7) is 0. The highest BCUT2D eigenvalue weighted by Gasteiger charge is 2.19. The normalized spacial score (nSPS) is 13.2. The van der Waals surface area contributed by atoms with Crippen molar-refractivity contribution >= 4 is 29.0 Å². The largest absolute Gasteiger partial charge is 0.478 e. The Balaban J connectivity index is 1.81. The summed E-state index contributed by atoms with van der Waals surface area (Å²) in [7, 11) is 0. The molecule has 0 saturated heterocycles. The first-order valence-corrected chi connectivity index (χ1v) is 8.23. The Kier molecular flexibility index (Phi) is 4.18. The van der Waals surface area contributed by atoms with Gasteiger partial charge in [0.05, 0.1) is 41.5 Å². The molecule has 0 unspecified atom stereocenters. The summed E-state index contributed by atoms with van der Waals surface area (Å²) in [4.78, 5) is 28.4. The third-order valence-electron chi connectivity index (χ3n) is 4.24. The summed E-state index contributed by atoms with van der Waals surface area (Å²) in [6, 6.07) is 13.8. The number of anilines is 1. The molecule has 0 fully saturated rings. The number of carbonyl (C=O) groups is 2. The van der Waals surface area contributed by atoms with Gasteiger partial charge in [-0.05, 0) is 35.4 Å². The van der Waals surface area contributed by atoms with Crippen LogP contribution in [0.3, 0.4) is 0 Å². The molecule has 2 N–H and O–H groups in total. The lowest BCUT2D eigenvalue weighted by molar-refractivity contribution is -0.115. The van der Waals surface area contributed by atoms with Crippen LogP contribution in [0.15, 0.2) is 65.9 Å². The summed E-state index contributed by atoms with van der Waals surface area (Å²) >= 11 is 0. The van der Waals surface area contributed by atoms with E-state index in [4.69, 9.17) is 0 Å². The van der Waals surface area contributed by atoms with Gasteiger partial charge in [-0.1, -0.05) is 24.3 Å². The van der Waals surface area contributed by atoms with E-state index in [0.29, 0.717) is 28.2 Å². The number of hydrogen-bond acceptors (Lipinski definition) is 5. The van der Waals surface area contributed by atoms with E-state index in [0.717, 1.165) is 5.56 Å². The van der Waals surface area contributed by atoms with Crippen LogP contribution in [-0.2, 0) is 4.79 Å². The molecule has 7 heteroatoms. The van der Waals surface area contributed by atoms with Gasteiger partial charge in [-0.3, -0.25) is 9.79 Å². The summed E-state index contributed by atoms with van der Waals surface area (Å²) in [5.41, 5.74) is 3.93. The van der Waals surface area contributed by atoms with Crippen molar-refractivity contribution in [1.82, 2.24) is 10.2 Å². The molecule has 1 aromatic heterocycles. The van der Waals surface area contributed by atoms with Crippen LogP contribution >= 0.6 is 0 Å². The quantitative estimate of drug-likeness (QED) is 0.747. The summed E-state index contributed by atoms with van der Waals surface area (Å²) in [5, 5.41) is 19.8. The minimum Gasteiger partial charge on any atom is -0.478 e. The van der Waals surface area contributed by atoms with Gasteiger partial charge in [0, 0.05) is 5.56 Å². The number of aromatic nitrogens is 2. The Bertz CT molecular complexity index is 1080. The molecular formula is C20H14N4O3. The average Bonchev–Trinajstić information content (AvgIpc) is 2.86. The smallest absolute Gasteiger partial charge is 0.336 e. The third kappa shape index (κ3) is 3.30. The molecule has 1 amide bonds. The number of aliphatic imine (C=N–C) groups is 1. The van der Waals surface area contributed by atoms with Gasteiger partial charge in [-0.15, -0.1) is 0 Å². The van der Waals surface area contributed by atoms with Crippen molar-refractivity contribution in [3.05, 3.63) is 72.1 Å². The zero-order chi connectivity index (χ0) is 18.8. The Morgan fingerprint density at radius 3 is 2.67 bits per heavy atom. The highest BCUT2D eigenvalue weighted by atomic mass is 16.4. The van der Waals surface area contributed by atoms with Crippen molar-refractivity contribution in [3.63, 3.8) is 0 Å². The Morgan fingerprint density at radius 2 is 1.89 bits per heavy atom. The highest BCUT2D eigenvalue weighted by Crippen LogP contribution is 2.34. The molecule has 132 valence electrons. The van der Waals surface area contributed by atoms with Gasteiger partial charge in [0.15, 0.2) is 0 Å². The lowest BCUT2D eigenvalue weighted by Gasteiger charge is -2.10. The van der Waals surface area contributed by atoms with Crippen molar-refractivity contribution in [3.8, 4) is 11.1 Å². The highest BCUT2D eigenvalue weighted by molar-refractivity contribution is 6.17. The van der Waals surface area contributed by atoms with Crippen LogP contribution in [-0.4, -0.2) is 32.9 Å². The molecule has 1 aliphatic heterocycles. The average molecular weight is 358 g/mol. The third-order valence-corrected chi connectivity index (χ3v) is 4.24. The number of carboxylic acid groups (broad SMARTS) is 1. The molecule has 0 spiro atoms. The number of nitrogens with zero attached hydrogens (tertiary/aromatic N) is 3. The van der Waals surface area contributed by atoms with Crippen molar-refractivity contribution in [2.45, 2.75) is 6.42 Å². The van der Waals surface area contributed by atoms with E-state index in [1.807, 2.05) is 0 Å². The van der Waals surface area contributed by atoms with Gasteiger partial charge >= 0.3 is 5.97 Å². The van der Waals surface area contributed by atoms with E-state index < -0.39 is 5.97 Å². The van der Waals surface area contributed by atoms with Crippen LogP contribution < -0.4 is 5.32 Å². The maximum atomic E-state index is 12.3. The molecule has 27 heavy (non-hydrogen) atoms. The van der Waals surface area contributed by atoms with Gasteiger partial charge in [-0.2, -0.15) is 10.2 Å². The Hall–Kier alpha value is -3.87. The van der Waals surface area contributed by atoms with Gasteiger partial charge in [-0.25, -0.2) is 4.79 Å². The number of carbonyl (C=O) groups excluding carboxylic acids is 1. The first-order valence-electron chi connectivity index (χ1n) is 8.23. The standard InChI is InChI=1S/C20H14N4O3/c25-19-10-17(13-7-8-21-22-11-13)23-16-6-5-12(9-18(16)24-19)14-3-1-2-4-15(14)20(26)27/h1-9,11H,10H2,(H,24,25)(H,26,27). The minimum atomic E-state index is -1.00. The van der Waals surface area contributed by atoms with Gasteiger partial charge in [0.1, 0.15) is 0 Å². The SMILES string of the molecule is O=C1CC(c2ccnnc2)=Nc2ccc(-c3ccccc3C(=O)O)cc2N1. The van der Waals surface area contributed by atoms with Crippen LogP contribution in [0.4, 0.5) is 11.4 Å². The second-order valence-corrected chi connectivity index (χ2v) is 6.00. The number of fused-ring (bicyclic) bond motifs is 1. The Morgan fingerprint density at radius 1 is 1.04 bits per heavy atom. The number of rotatable bonds is 3.